The monoisotopic (exact) mass is 488 g/mol. The van der Waals surface area contributed by atoms with E-state index in [1.165, 1.54) is 64.9 Å². The number of aliphatic hydroxyl groups is 1. The Morgan fingerprint density at radius 3 is 2.03 bits per heavy atom. The molecule has 190 valence electrons. The molecule has 10 heteroatoms. The van der Waals surface area contributed by atoms with E-state index in [0.29, 0.717) is 6.42 Å². The average molecular weight is 489 g/mol. The largest absolute Gasteiger partial charge is 0.383 e. The van der Waals surface area contributed by atoms with E-state index in [1.807, 2.05) is 0 Å². The third-order valence-electron chi connectivity index (χ3n) is 5.75. The van der Waals surface area contributed by atoms with Gasteiger partial charge in [0, 0.05) is 26.8 Å². The molecule has 0 bridgehead atoms. The number of benzene rings is 1. The molecular formula is C23H40N2O7S. The van der Waals surface area contributed by atoms with Crippen molar-refractivity contribution >= 4 is 15.7 Å². The molecule has 0 fully saturated rings. The number of rotatable bonds is 19. The summed E-state index contributed by atoms with van der Waals surface area (Å²) in [6, 6.07) is 5.08. The summed E-state index contributed by atoms with van der Waals surface area (Å²) in [7, 11) is -1.50. The zero-order valence-corrected chi connectivity index (χ0v) is 20.9. The van der Waals surface area contributed by atoms with Crippen LogP contribution in [0.15, 0.2) is 29.2 Å². The van der Waals surface area contributed by atoms with Crippen LogP contribution in [0, 0.1) is 10.1 Å². The quantitative estimate of drug-likeness (QED) is 0.127. The van der Waals surface area contributed by atoms with Crippen LogP contribution < -0.4 is 4.72 Å². The minimum absolute atomic E-state index is 0.259. The van der Waals surface area contributed by atoms with Gasteiger partial charge in [0.1, 0.15) is 5.60 Å². The Bertz CT molecular complexity index is 800. The zero-order valence-electron chi connectivity index (χ0n) is 20.1. The highest BCUT2D eigenvalue weighted by molar-refractivity contribution is 7.89. The van der Waals surface area contributed by atoms with E-state index in [2.05, 4.69) is 11.6 Å². The Kier molecular flexibility index (Phi) is 13.7. The molecule has 0 saturated heterocycles. The second-order valence-electron chi connectivity index (χ2n) is 8.39. The molecule has 0 spiro atoms. The molecule has 1 aromatic carbocycles. The van der Waals surface area contributed by atoms with Gasteiger partial charge < -0.3 is 14.6 Å². The van der Waals surface area contributed by atoms with Crippen molar-refractivity contribution in [2.75, 3.05) is 20.8 Å². The standard InChI is InChI=1S/C23H40N2O7S/c1-4-5-6-7-8-9-10-11-12-15-18-23(26,22(31-2)32-3)19-24-33(29,30)21-17-14-13-16-20(21)25(27)28/h13-14,16-17,22,24,26H,4-12,15,18-19H2,1-3H3/t23-/m1/s1. The van der Waals surface area contributed by atoms with Crippen molar-refractivity contribution in [3.05, 3.63) is 34.4 Å². The molecule has 0 aromatic heterocycles. The van der Waals surface area contributed by atoms with Gasteiger partial charge in [0.05, 0.1) is 4.92 Å². The lowest BCUT2D eigenvalue weighted by atomic mass is 9.94. The molecule has 0 saturated carbocycles. The number of para-hydroxylation sites is 1. The molecule has 1 atom stereocenters. The van der Waals surface area contributed by atoms with Crippen molar-refractivity contribution in [1.82, 2.24) is 4.72 Å². The van der Waals surface area contributed by atoms with Gasteiger partial charge in [0.25, 0.3) is 5.69 Å². The topological polar surface area (TPSA) is 128 Å². The van der Waals surface area contributed by atoms with Crippen molar-refractivity contribution in [3.8, 4) is 0 Å². The second-order valence-corrected chi connectivity index (χ2v) is 10.1. The normalized spacial score (nSPS) is 13.8. The summed E-state index contributed by atoms with van der Waals surface area (Å²) in [6.45, 7) is 1.81. The maximum absolute atomic E-state index is 12.7. The highest BCUT2D eigenvalue weighted by Gasteiger charge is 2.39. The van der Waals surface area contributed by atoms with Crippen molar-refractivity contribution in [3.63, 3.8) is 0 Å². The molecule has 9 nitrogen and oxygen atoms in total. The molecule has 33 heavy (non-hydrogen) atoms. The van der Waals surface area contributed by atoms with Crippen LogP contribution >= 0.6 is 0 Å². The first-order valence-electron chi connectivity index (χ1n) is 11.7. The molecule has 0 amide bonds. The predicted octanol–water partition coefficient (Wildman–Crippen LogP) is 4.53. The van der Waals surface area contributed by atoms with Gasteiger partial charge in [0.2, 0.25) is 10.0 Å². The van der Waals surface area contributed by atoms with E-state index >= 15 is 0 Å². The van der Waals surface area contributed by atoms with Crippen molar-refractivity contribution in [1.29, 1.82) is 0 Å². The predicted molar refractivity (Wildman–Crippen MR) is 128 cm³/mol. The van der Waals surface area contributed by atoms with Crippen LogP contribution in [0.25, 0.3) is 0 Å². The summed E-state index contributed by atoms with van der Waals surface area (Å²) in [5.41, 5.74) is -2.15. The lowest BCUT2D eigenvalue weighted by molar-refractivity contribution is -0.387. The summed E-state index contributed by atoms with van der Waals surface area (Å²) in [4.78, 5) is 10.0. The van der Waals surface area contributed by atoms with Crippen molar-refractivity contribution in [2.45, 2.75) is 94.3 Å². The molecule has 1 rings (SSSR count). The molecular weight excluding hydrogens is 448 g/mol. The lowest BCUT2D eigenvalue weighted by Gasteiger charge is -2.34. The van der Waals surface area contributed by atoms with Crippen molar-refractivity contribution in [2.24, 2.45) is 0 Å². The van der Waals surface area contributed by atoms with Gasteiger partial charge in [-0.15, -0.1) is 0 Å². The maximum atomic E-state index is 12.7. The van der Waals surface area contributed by atoms with Gasteiger partial charge in [0.15, 0.2) is 11.2 Å². The van der Waals surface area contributed by atoms with Gasteiger partial charge in [-0.2, -0.15) is 0 Å². The third-order valence-corrected chi connectivity index (χ3v) is 7.20. The first kappa shape index (κ1) is 29.4. The Hall–Kier alpha value is -1.59. The van der Waals surface area contributed by atoms with Crippen molar-refractivity contribution < 1.29 is 27.9 Å². The molecule has 2 N–H and O–H groups in total. The van der Waals surface area contributed by atoms with Crippen LogP contribution in [0.3, 0.4) is 0 Å². The fraction of sp³-hybridized carbons (Fsp3) is 0.739. The van der Waals surface area contributed by atoms with Gasteiger partial charge in [-0.3, -0.25) is 10.1 Å². The van der Waals surface area contributed by atoms with Gasteiger partial charge >= 0.3 is 0 Å². The number of nitro groups is 1. The number of hydrogen-bond donors (Lipinski definition) is 2. The molecule has 0 aliphatic heterocycles. The average Bonchev–Trinajstić information content (AvgIpc) is 2.80. The minimum atomic E-state index is -4.23. The van der Waals surface area contributed by atoms with E-state index in [9.17, 15) is 23.6 Å². The number of nitrogens with zero attached hydrogens (tertiary/aromatic N) is 1. The van der Waals surface area contributed by atoms with Gasteiger partial charge in [-0.1, -0.05) is 83.3 Å². The third kappa shape index (κ3) is 10.1. The smallest absolute Gasteiger partial charge is 0.289 e. The van der Waals surface area contributed by atoms with E-state index in [1.54, 1.807) is 0 Å². The minimum Gasteiger partial charge on any atom is -0.383 e. The van der Waals surface area contributed by atoms with Crippen LogP contribution in [0.4, 0.5) is 5.69 Å². The lowest BCUT2D eigenvalue weighted by Crippen LogP contribution is -2.53. The Labute approximate surface area is 198 Å². The van der Waals surface area contributed by atoms with E-state index in [4.69, 9.17) is 9.47 Å². The van der Waals surface area contributed by atoms with E-state index in [-0.39, 0.29) is 6.42 Å². The summed E-state index contributed by atoms with van der Waals surface area (Å²) < 4.78 is 38.2. The number of unbranched alkanes of at least 4 members (excludes halogenated alkanes) is 9. The number of sulfonamides is 1. The van der Waals surface area contributed by atoms with Crippen LogP contribution in [0.2, 0.25) is 0 Å². The first-order chi connectivity index (χ1) is 15.7. The summed E-state index contributed by atoms with van der Waals surface area (Å²) >= 11 is 0. The number of hydrogen-bond acceptors (Lipinski definition) is 7. The van der Waals surface area contributed by atoms with Crippen LogP contribution in [-0.2, 0) is 19.5 Å². The Morgan fingerprint density at radius 2 is 1.52 bits per heavy atom. The van der Waals surface area contributed by atoms with Crippen LogP contribution in [-0.4, -0.2) is 51.1 Å². The Morgan fingerprint density at radius 1 is 1.00 bits per heavy atom. The Balaban J connectivity index is 2.66. The summed E-state index contributed by atoms with van der Waals surface area (Å²) in [5.74, 6) is 0. The number of nitro benzene ring substituents is 1. The first-order valence-corrected chi connectivity index (χ1v) is 13.2. The van der Waals surface area contributed by atoms with E-state index < -0.39 is 44.0 Å². The number of nitrogens with one attached hydrogen (secondary N) is 1. The number of ether oxygens (including phenoxy) is 2. The van der Waals surface area contributed by atoms with Crippen LogP contribution in [0.5, 0.6) is 0 Å². The van der Waals surface area contributed by atoms with Gasteiger partial charge in [-0.25, -0.2) is 13.1 Å². The molecule has 0 aliphatic carbocycles. The molecule has 0 unspecified atom stereocenters. The van der Waals surface area contributed by atoms with Crippen LogP contribution in [0.1, 0.15) is 77.6 Å². The zero-order chi connectivity index (χ0) is 24.7. The molecule has 0 aliphatic rings. The molecule has 0 radical (unpaired) electrons. The van der Waals surface area contributed by atoms with Gasteiger partial charge in [-0.05, 0) is 12.5 Å². The molecule has 1 aromatic rings. The highest BCUT2D eigenvalue weighted by Crippen LogP contribution is 2.26. The fourth-order valence-corrected chi connectivity index (χ4v) is 5.15. The summed E-state index contributed by atoms with van der Waals surface area (Å²) in [6.07, 6.45) is 10.5. The fourth-order valence-electron chi connectivity index (χ4n) is 3.88. The highest BCUT2D eigenvalue weighted by atomic mass is 32.2. The summed E-state index contributed by atoms with van der Waals surface area (Å²) in [5, 5.41) is 22.4. The molecule has 0 heterocycles. The second kappa shape index (κ2) is 15.3. The van der Waals surface area contributed by atoms with E-state index in [0.717, 1.165) is 31.4 Å². The SMILES string of the molecule is CCCCCCCCCCCC[C@@](O)(CNS(=O)(=O)c1ccccc1[N+](=O)[O-])C(OC)OC. The number of methoxy groups -OCH3 is 2. The maximum Gasteiger partial charge on any atom is 0.289 e.